The van der Waals surface area contributed by atoms with Crippen molar-refractivity contribution in [1.82, 2.24) is 0 Å². The molecule has 0 fully saturated rings. The minimum Gasteiger partial charge on any atom is -0.490 e. The molecule has 4 N–H and O–H groups in total. The first kappa shape index (κ1) is 14.2. The number of rotatable bonds is 7. The van der Waals surface area contributed by atoms with Crippen LogP contribution in [-0.4, -0.2) is 25.7 Å². The first-order chi connectivity index (χ1) is 8.67. The molecule has 0 saturated carbocycles. The number of aliphatic imine (C=N–C) groups is 1. The van der Waals surface area contributed by atoms with E-state index in [-0.39, 0.29) is 5.96 Å². The quantitative estimate of drug-likeness (QED) is 0.565. The van der Waals surface area contributed by atoms with Crippen molar-refractivity contribution in [3.05, 3.63) is 23.8 Å². The Kier molecular flexibility index (Phi) is 5.84. The van der Waals surface area contributed by atoms with Crippen LogP contribution in [0.3, 0.4) is 0 Å². The third kappa shape index (κ3) is 4.53. The van der Waals surface area contributed by atoms with Crippen LogP contribution in [0.25, 0.3) is 0 Å². The summed E-state index contributed by atoms with van der Waals surface area (Å²) in [6.45, 7) is 5.69. The second-order valence-electron chi connectivity index (χ2n) is 3.70. The highest BCUT2D eigenvalue weighted by Gasteiger charge is 2.05. The Morgan fingerprint density at radius 1 is 1.11 bits per heavy atom. The van der Waals surface area contributed by atoms with Crippen molar-refractivity contribution in [2.45, 2.75) is 20.3 Å². The second kappa shape index (κ2) is 7.42. The van der Waals surface area contributed by atoms with E-state index in [1.54, 1.807) is 0 Å². The van der Waals surface area contributed by atoms with Gasteiger partial charge in [0.05, 0.1) is 13.2 Å². The Morgan fingerprint density at radius 2 is 1.78 bits per heavy atom. The molecule has 0 aliphatic heterocycles. The van der Waals surface area contributed by atoms with E-state index in [2.05, 4.69) is 4.99 Å². The smallest absolute Gasteiger partial charge is 0.185 e. The van der Waals surface area contributed by atoms with Gasteiger partial charge in [0.15, 0.2) is 17.5 Å². The predicted octanol–water partition coefficient (Wildman–Crippen LogP) is 1.30. The van der Waals surface area contributed by atoms with Crippen LogP contribution in [-0.2, 0) is 6.42 Å². The molecule has 1 rings (SSSR count). The third-order valence-electron chi connectivity index (χ3n) is 2.30. The molecule has 0 spiro atoms. The molecule has 0 heterocycles. The maximum Gasteiger partial charge on any atom is 0.185 e. The Bertz CT molecular complexity index is 401. The van der Waals surface area contributed by atoms with E-state index < -0.39 is 0 Å². The minimum absolute atomic E-state index is 0.117. The highest BCUT2D eigenvalue weighted by Crippen LogP contribution is 2.28. The predicted molar refractivity (Wildman–Crippen MR) is 73.2 cm³/mol. The molecule has 0 aliphatic carbocycles. The number of guanidine groups is 1. The van der Waals surface area contributed by atoms with E-state index in [1.165, 1.54) is 0 Å². The van der Waals surface area contributed by atoms with Gasteiger partial charge in [0.25, 0.3) is 0 Å². The zero-order valence-electron chi connectivity index (χ0n) is 11.0. The molecule has 0 radical (unpaired) electrons. The number of hydrogen-bond acceptors (Lipinski definition) is 3. The van der Waals surface area contributed by atoms with Crippen molar-refractivity contribution in [1.29, 1.82) is 0 Å². The van der Waals surface area contributed by atoms with Crippen LogP contribution in [0.5, 0.6) is 11.5 Å². The molecular weight excluding hydrogens is 230 g/mol. The molecular formula is C13H21N3O2. The molecule has 0 aromatic heterocycles. The summed E-state index contributed by atoms with van der Waals surface area (Å²) in [5.41, 5.74) is 11.7. The van der Waals surface area contributed by atoms with Crippen molar-refractivity contribution >= 4 is 5.96 Å². The van der Waals surface area contributed by atoms with Gasteiger partial charge in [-0.1, -0.05) is 6.07 Å². The highest BCUT2D eigenvalue weighted by molar-refractivity contribution is 5.75. The molecule has 1 aromatic rings. The van der Waals surface area contributed by atoms with Gasteiger partial charge >= 0.3 is 0 Å². The molecule has 5 heteroatoms. The molecule has 0 bridgehead atoms. The number of benzene rings is 1. The number of hydrogen-bond donors (Lipinski definition) is 2. The lowest BCUT2D eigenvalue weighted by Crippen LogP contribution is -2.23. The fourth-order valence-corrected chi connectivity index (χ4v) is 1.57. The van der Waals surface area contributed by atoms with Crippen LogP contribution in [0.1, 0.15) is 19.4 Å². The maximum absolute atomic E-state index is 5.55. The summed E-state index contributed by atoms with van der Waals surface area (Å²) in [5.74, 6) is 1.65. The normalized spacial score (nSPS) is 9.89. The van der Waals surface area contributed by atoms with Crippen molar-refractivity contribution in [3.63, 3.8) is 0 Å². The molecule has 1 aromatic carbocycles. The average molecular weight is 251 g/mol. The first-order valence-corrected chi connectivity index (χ1v) is 6.11. The topological polar surface area (TPSA) is 82.9 Å². The van der Waals surface area contributed by atoms with E-state index >= 15 is 0 Å². The van der Waals surface area contributed by atoms with Crippen molar-refractivity contribution in [2.24, 2.45) is 16.5 Å². The number of nitrogens with zero attached hydrogens (tertiary/aromatic N) is 1. The zero-order valence-corrected chi connectivity index (χ0v) is 11.0. The van der Waals surface area contributed by atoms with Gasteiger partial charge in [-0.2, -0.15) is 0 Å². The molecule has 100 valence electrons. The van der Waals surface area contributed by atoms with Gasteiger partial charge in [0.2, 0.25) is 0 Å². The summed E-state index contributed by atoms with van der Waals surface area (Å²) in [6, 6.07) is 5.88. The summed E-state index contributed by atoms with van der Waals surface area (Å²) in [5, 5.41) is 0. The summed E-state index contributed by atoms with van der Waals surface area (Å²) in [4.78, 5) is 3.95. The first-order valence-electron chi connectivity index (χ1n) is 6.11. The molecule has 0 atom stereocenters. The third-order valence-corrected chi connectivity index (χ3v) is 2.30. The molecule has 0 saturated heterocycles. The Hall–Kier alpha value is -1.91. The Morgan fingerprint density at radius 3 is 2.39 bits per heavy atom. The van der Waals surface area contributed by atoms with E-state index in [9.17, 15) is 0 Å². The summed E-state index contributed by atoms with van der Waals surface area (Å²) in [6.07, 6.45) is 0.768. The van der Waals surface area contributed by atoms with Crippen molar-refractivity contribution in [3.8, 4) is 11.5 Å². The largest absolute Gasteiger partial charge is 0.490 e. The molecule has 0 aliphatic rings. The monoisotopic (exact) mass is 251 g/mol. The summed E-state index contributed by atoms with van der Waals surface area (Å²) >= 11 is 0. The van der Waals surface area contributed by atoms with Crippen LogP contribution >= 0.6 is 0 Å². The van der Waals surface area contributed by atoms with Crippen LogP contribution in [0.2, 0.25) is 0 Å². The Balaban J connectivity index is 2.75. The van der Waals surface area contributed by atoms with Gasteiger partial charge in [0, 0.05) is 6.54 Å². The van der Waals surface area contributed by atoms with Gasteiger partial charge < -0.3 is 20.9 Å². The van der Waals surface area contributed by atoms with Crippen LogP contribution in [0.4, 0.5) is 0 Å². The average Bonchev–Trinajstić information content (AvgIpc) is 2.32. The van der Waals surface area contributed by atoms with Gasteiger partial charge in [-0.05, 0) is 38.0 Å². The molecule has 0 unspecified atom stereocenters. The van der Waals surface area contributed by atoms with Crippen molar-refractivity contribution in [2.75, 3.05) is 19.8 Å². The maximum atomic E-state index is 5.55. The lowest BCUT2D eigenvalue weighted by atomic mass is 10.1. The van der Waals surface area contributed by atoms with E-state index in [0.29, 0.717) is 19.8 Å². The van der Waals surface area contributed by atoms with Crippen LogP contribution in [0, 0.1) is 0 Å². The fourth-order valence-electron chi connectivity index (χ4n) is 1.57. The lowest BCUT2D eigenvalue weighted by molar-refractivity contribution is 0.287. The number of nitrogens with two attached hydrogens (primary N) is 2. The van der Waals surface area contributed by atoms with Crippen molar-refractivity contribution < 1.29 is 9.47 Å². The van der Waals surface area contributed by atoms with Crippen LogP contribution < -0.4 is 20.9 Å². The standard InChI is InChI=1S/C13H21N3O2/c1-3-17-11-6-5-10(7-8-16-13(14)15)9-12(11)18-4-2/h5-6,9H,3-4,7-8H2,1-2H3,(H4,14,15,16). The summed E-state index contributed by atoms with van der Waals surface area (Å²) in [7, 11) is 0. The lowest BCUT2D eigenvalue weighted by Gasteiger charge is -2.12. The number of ether oxygens (including phenoxy) is 2. The van der Waals surface area contributed by atoms with Gasteiger partial charge in [-0.25, -0.2) is 0 Å². The molecule has 5 nitrogen and oxygen atoms in total. The SMILES string of the molecule is CCOc1ccc(CCN=C(N)N)cc1OCC. The molecule has 18 heavy (non-hydrogen) atoms. The fraction of sp³-hybridized carbons (Fsp3) is 0.462. The Labute approximate surface area is 108 Å². The van der Waals surface area contributed by atoms with E-state index in [0.717, 1.165) is 23.5 Å². The van der Waals surface area contributed by atoms with Gasteiger partial charge in [-0.15, -0.1) is 0 Å². The molecule has 0 amide bonds. The summed E-state index contributed by atoms with van der Waals surface area (Å²) < 4.78 is 11.0. The van der Waals surface area contributed by atoms with E-state index in [1.807, 2.05) is 32.0 Å². The minimum atomic E-state index is 0.117. The van der Waals surface area contributed by atoms with Crippen LogP contribution in [0.15, 0.2) is 23.2 Å². The zero-order chi connectivity index (χ0) is 13.4. The van der Waals surface area contributed by atoms with E-state index in [4.69, 9.17) is 20.9 Å². The second-order valence-corrected chi connectivity index (χ2v) is 3.70. The van der Waals surface area contributed by atoms with Gasteiger partial charge in [-0.3, -0.25) is 4.99 Å². The van der Waals surface area contributed by atoms with Gasteiger partial charge in [0.1, 0.15) is 0 Å². The highest BCUT2D eigenvalue weighted by atomic mass is 16.5.